The third-order valence-electron chi connectivity index (χ3n) is 7.79. The first-order valence-electron chi connectivity index (χ1n) is 13.1. The molecule has 2 aromatic carbocycles. The Morgan fingerprint density at radius 2 is 1.67 bits per heavy atom. The second kappa shape index (κ2) is 11.2. The SMILES string of the molecule is CC1CN(c2ccc(N3CCS(=O)(=O)CC3)cc2)C(C)CN1CC(O)(Cn1cncn1)c1ccc(Cl)cc1Cl. The summed E-state index contributed by atoms with van der Waals surface area (Å²) in [5, 5.41) is 17.2. The van der Waals surface area contributed by atoms with Gasteiger partial charge in [-0.3, -0.25) is 4.90 Å². The fraction of sp³-hybridized carbons (Fsp3) is 0.481. The first-order chi connectivity index (χ1) is 18.5. The fourth-order valence-electron chi connectivity index (χ4n) is 5.61. The standard InChI is InChI=1S/C27H34Cl2N6O3S/c1-20-15-35(24-6-4-23(5-7-24)32-9-11-39(37,38)12-10-32)21(2)14-33(20)16-27(36,17-34-19-30-18-31-34)25-8-3-22(28)13-26(25)29/h3-8,13,18-21,36H,9-12,14-17H2,1-2H3. The first-order valence-corrected chi connectivity index (χ1v) is 15.7. The Hall–Kier alpha value is -2.37. The molecule has 3 unspecified atom stereocenters. The van der Waals surface area contributed by atoms with E-state index in [9.17, 15) is 13.5 Å². The molecule has 0 aliphatic carbocycles. The molecule has 210 valence electrons. The number of anilines is 2. The lowest BCUT2D eigenvalue weighted by molar-refractivity contribution is -0.0328. The van der Waals surface area contributed by atoms with Crippen LogP contribution in [0.3, 0.4) is 0 Å². The van der Waals surface area contributed by atoms with Crippen LogP contribution >= 0.6 is 23.2 Å². The summed E-state index contributed by atoms with van der Waals surface area (Å²) in [7, 11) is -2.91. The molecule has 12 heteroatoms. The van der Waals surface area contributed by atoms with Crippen LogP contribution in [0.15, 0.2) is 55.1 Å². The van der Waals surface area contributed by atoms with Crippen LogP contribution < -0.4 is 9.80 Å². The zero-order valence-electron chi connectivity index (χ0n) is 22.1. The van der Waals surface area contributed by atoms with Gasteiger partial charge in [0.2, 0.25) is 0 Å². The van der Waals surface area contributed by atoms with E-state index in [1.54, 1.807) is 29.2 Å². The Bertz CT molecular complexity index is 1380. The number of aromatic nitrogens is 3. The van der Waals surface area contributed by atoms with E-state index in [0.29, 0.717) is 35.2 Å². The summed E-state index contributed by atoms with van der Waals surface area (Å²) in [6.45, 7) is 7.52. The molecule has 3 aromatic rings. The van der Waals surface area contributed by atoms with Gasteiger partial charge in [0, 0.05) is 71.8 Å². The van der Waals surface area contributed by atoms with Gasteiger partial charge in [0.1, 0.15) is 18.3 Å². The number of benzene rings is 2. The Labute approximate surface area is 239 Å². The lowest BCUT2D eigenvalue weighted by Gasteiger charge is -2.47. The van der Waals surface area contributed by atoms with Crippen molar-refractivity contribution in [3.05, 3.63) is 70.7 Å². The zero-order chi connectivity index (χ0) is 27.8. The van der Waals surface area contributed by atoms with Gasteiger partial charge < -0.3 is 14.9 Å². The van der Waals surface area contributed by atoms with E-state index < -0.39 is 15.4 Å². The lowest BCUT2D eigenvalue weighted by atomic mass is 9.91. The fourth-order valence-corrected chi connectivity index (χ4v) is 7.39. The summed E-state index contributed by atoms with van der Waals surface area (Å²) < 4.78 is 25.2. The highest BCUT2D eigenvalue weighted by atomic mass is 35.5. The van der Waals surface area contributed by atoms with E-state index in [1.165, 1.54) is 6.33 Å². The summed E-state index contributed by atoms with van der Waals surface area (Å²) in [4.78, 5) is 10.8. The second-order valence-electron chi connectivity index (χ2n) is 10.7. The maximum Gasteiger partial charge on any atom is 0.153 e. The van der Waals surface area contributed by atoms with Crippen molar-refractivity contribution >= 4 is 44.4 Å². The quantitative estimate of drug-likeness (QED) is 0.446. The predicted octanol–water partition coefficient (Wildman–Crippen LogP) is 3.31. The Morgan fingerprint density at radius 1 is 0.974 bits per heavy atom. The van der Waals surface area contributed by atoms with Crippen molar-refractivity contribution in [2.24, 2.45) is 0 Å². The summed E-state index contributed by atoms with van der Waals surface area (Å²) in [6.07, 6.45) is 3.04. The highest BCUT2D eigenvalue weighted by Crippen LogP contribution is 2.35. The van der Waals surface area contributed by atoms with Crippen LogP contribution in [0.25, 0.3) is 0 Å². The van der Waals surface area contributed by atoms with Gasteiger partial charge in [-0.25, -0.2) is 18.1 Å². The molecule has 2 fully saturated rings. The van der Waals surface area contributed by atoms with Crippen molar-refractivity contribution in [2.75, 3.05) is 54.0 Å². The molecular weight excluding hydrogens is 559 g/mol. The molecular formula is C27H34Cl2N6O3S. The van der Waals surface area contributed by atoms with Crippen molar-refractivity contribution in [2.45, 2.75) is 38.1 Å². The third kappa shape index (κ3) is 6.36. The van der Waals surface area contributed by atoms with Crippen molar-refractivity contribution < 1.29 is 13.5 Å². The van der Waals surface area contributed by atoms with Gasteiger partial charge in [-0.15, -0.1) is 0 Å². The monoisotopic (exact) mass is 592 g/mol. The minimum Gasteiger partial charge on any atom is -0.382 e. The van der Waals surface area contributed by atoms with Gasteiger partial charge in [-0.2, -0.15) is 5.10 Å². The molecule has 3 heterocycles. The van der Waals surface area contributed by atoms with Gasteiger partial charge in [-0.05, 0) is 50.2 Å². The zero-order valence-corrected chi connectivity index (χ0v) is 24.4. The van der Waals surface area contributed by atoms with Crippen LogP contribution in [-0.2, 0) is 22.0 Å². The Balaban J connectivity index is 1.30. The number of halogens is 2. The molecule has 1 N–H and O–H groups in total. The smallest absolute Gasteiger partial charge is 0.153 e. The Kier molecular flexibility index (Phi) is 8.13. The number of rotatable bonds is 7. The van der Waals surface area contributed by atoms with Crippen LogP contribution in [0, 0.1) is 0 Å². The molecule has 39 heavy (non-hydrogen) atoms. The molecule has 3 atom stereocenters. The molecule has 5 rings (SSSR count). The lowest BCUT2D eigenvalue weighted by Crippen LogP contribution is -2.59. The molecule has 2 aliphatic rings. The second-order valence-corrected chi connectivity index (χ2v) is 13.8. The molecule has 2 saturated heterocycles. The summed E-state index contributed by atoms with van der Waals surface area (Å²) in [5.74, 6) is 0.408. The average molecular weight is 594 g/mol. The van der Waals surface area contributed by atoms with Crippen molar-refractivity contribution in [3.63, 3.8) is 0 Å². The van der Waals surface area contributed by atoms with Gasteiger partial charge in [-0.1, -0.05) is 29.3 Å². The topological polar surface area (TPSA) is 94.8 Å². The molecule has 0 amide bonds. The van der Waals surface area contributed by atoms with Crippen LogP contribution in [0.5, 0.6) is 0 Å². The van der Waals surface area contributed by atoms with E-state index in [1.807, 2.05) is 0 Å². The van der Waals surface area contributed by atoms with E-state index in [-0.39, 0.29) is 30.1 Å². The molecule has 2 aliphatic heterocycles. The van der Waals surface area contributed by atoms with Gasteiger partial charge in [0.25, 0.3) is 0 Å². The molecule has 0 radical (unpaired) electrons. The number of aliphatic hydroxyl groups is 1. The molecule has 9 nitrogen and oxygen atoms in total. The third-order valence-corrected chi connectivity index (χ3v) is 9.95. The first kappa shape index (κ1) is 28.2. The highest BCUT2D eigenvalue weighted by molar-refractivity contribution is 7.91. The number of nitrogens with zero attached hydrogens (tertiary/aromatic N) is 6. The van der Waals surface area contributed by atoms with Crippen LogP contribution in [0.1, 0.15) is 19.4 Å². The summed E-state index contributed by atoms with van der Waals surface area (Å²) in [6, 6.07) is 13.9. The van der Waals surface area contributed by atoms with Gasteiger partial charge >= 0.3 is 0 Å². The normalized spacial score (nSPS) is 23.5. The van der Waals surface area contributed by atoms with Crippen LogP contribution in [0.4, 0.5) is 11.4 Å². The van der Waals surface area contributed by atoms with E-state index >= 15 is 0 Å². The minimum atomic E-state index is -2.91. The van der Waals surface area contributed by atoms with Crippen molar-refractivity contribution in [3.8, 4) is 0 Å². The predicted molar refractivity (Wildman–Crippen MR) is 156 cm³/mol. The molecule has 1 aromatic heterocycles. The number of sulfone groups is 1. The molecule has 0 bridgehead atoms. The van der Waals surface area contributed by atoms with Crippen LogP contribution in [0.2, 0.25) is 10.0 Å². The van der Waals surface area contributed by atoms with E-state index in [0.717, 1.165) is 24.5 Å². The van der Waals surface area contributed by atoms with Crippen LogP contribution in [-0.4, -0.2) is 89.5 Å². The number of piperazine rings is 1. The van der Waals surface area contributed by atoms with E-state index in [2.05, 4.69) is 62.9 Å². The van der Waals surface area contributed by atoms with Gasteiger partial charge in [0.05, 0.1) is 18.1 Å². The minimum absolute atomic E-state index is 0.154. The highest BCUT2D eigenvalue weighted by Gasteiger charge is 2.39. The van der Waals surface area contributed by atoms with E-state index in [4.69, 9.17) is 23.2 Å². The maximum absolute atomic E-state index is 12.0. The van der Waals surface area contributed by atoms with Crippen molar-refractivity contribution in [1.29, 1.82) is 0 Å². The summed E-state index contributed by atoms with van der Waals surface area (Å²) in [5.41, 5.74) is 1.47. The Morgan fingerprint density at radius 3 is 2.31 bits per heavy atom. The van der Waals surface area contributed by atoms with Gasteiger partial charge in [0.15, 0.2) is 9.84 Å². The molecule has 0 spiro atoms. The summed E-state index contributed by atoms with van der Waals surface area (Å²) >= 11 is 12.7. The average Bonchev–Trinajstić information content (AvgIpc) is 3.39. The largest absolute Gasteiger partial charge is 0.382 e. The molecule has 0 saturated carbocycles. The number of hydrogen-bond acceptors (Lipinski definition) is 8. The van der Waals surface area contributed by atoms with Crippen molar-refractivity contribution in [1.82, 2.24) is 19.7 Å². The number of β-amino-alcohol motifs (C(OH)–C–C–N with tert-alkyl or cyclic N) is 1. The maximum atomic E-state index is 12.0. The number of hydrogen-bond donors (Lipinski definition) is 1.